The van der Waals surface area contributed by atoms with Crippen LogP contribution in [0.3, 0.4) is 0 Å². The molecular formula is C16H23NO. The van der Waals surface area contributed by atoms with Gasteiger partial charge in [-0.05, 0) is 61.8 Å². The van der Waals surface area contributed by atoms with Crippen LogP contribution >= 0.6 is 0 Å². The fraction of sp³-hybridized carbons (Fsp3) is 0.625. The molecule has 0 heterocycles. The first-order chi connectivity index (χ1) is 8.85. The number of hydrogen-bond acceptors (Lipinski definition) is 2. The zero-order valence-electron chi connectivity index (χ0n) is 11.2. The first-order valence-corrected chi connectivity index (χ1v) is 7.22. The van der Waals surface area contributed by atoms with E-state index in [1.807, 2.05) is 6.07 Å². The molecule has 2 saturated carbocycles. The third kappa shape index (κ3) is 2.54. The van der Waals surface area contributed by atoms with E-state index in [1.54, 1.807) is 7.11 Å². The Morgan fingerprint density at radius 3 is 2.78 bits per heavy atom. The Morgan fingerprint density at radius 1 is 1.28 bits per heavy atom. The summed E-state index contributed by atoms with van der Waals surface area (Å²) in [7, 11) is 1.74. The predicted molar refractivity (Wildman–Crippen MR) is 74.1 cm³/mol. The molecule has 1 N–H and O–H groups in total. The van der Waals surface area contributed by atoms with Gasteiger partial charge < -0.3 is 10.1 Å². The van der Waals surface area contributed by atoms with Gasteiger partial charge in [-0.3, -0.25) is 0 Å². The van der Waals surface area contributed by atoms with Crippen molar-refractivity contribution in [1.82, 2.24) is 5.32 Å². The Balaban J connectivity index is 1.45. The first-order valence-electron chi connectivity index (χ1n) is 7.22. The lowest BCUT2D eigenvalue weighted by Crippen LogP contribution is -2.43. The number of nitrogens with one attached hydrogen (secondary N) is 1. The van der Waals surface area contributed by atoms with E-state index in [0.717, 1.165) is 23.6 Å². The van der Waals surface area contributed by atoms with E-state index >= 15 is 0 Å². The van der Waals surface area contributed by atoms with E-state index in [0.29, 0.717) is 0 Å². The molecule has 98 valence electrons. The third-order valence-electron chi connectivity index (χ3n) is 4.62. The Bertz CT molecular complexity index is 394. The molecule has 3 rings (SSSR count). The lowest BCUT2D eigenvalue weighted by atomic mass is 9.75. The van der Waals surface area contributed by atoms with Gasteiger partial charge in [-0.1, -0.05) is 18.6 Å². The molecule has 0 atom stereocenters. The van der Waals surface area contributed by atoms with E-state index in [9.17, 15) is 0 Å². The van der Waals surface area contributed by atoms with Gasteiger partial charge in [0.05, 0.1) is 7.11 Å². The highest BCUT2D eigenvalue weighted by Gasteiger charge is 2.31. The molecule has 2 aliphatic carbocycles. The Morgan fingerprint density at radius 2 is 2.11 bits per heavy atom. The highest BCUT2D eigenvalue weighted by molar-refractivity contribution is 5.32. The highest BCUT2D eigenvalue weighted by atomic mass is 16.5. The molecule has 2 nitrogen and oxygen atoms in total. The molecule has 0 spiro atoms. The van der Waals surface area contributed by atoms with Crippen molar-refractivity contribution in [2.75, 3.05) is 13.7 Å². The summed E-state index contributed by atoms with van der Waals surface area (Å²) in [4.78, 5) is 0. The van der Waals surface area contributed by atoms with Crippen LogP contribution in [0.2, 0.25) is 0 Å². The van der Waals surface area contributed by atoms with Crippen molar-refractivity contribution in [3.63, 3.8) is 0 Å². The number of benzene rings is 1. The molecule has 0 aromatic heterocycles. The van der Waals surface area contributed by atoms with Crippen LogP contribution in [0.1, 0.15) is 43.6 Å². The van der Waals surface area contributed by atoms with Gasteiger partial charge in [0.15, 0.2) is 0 Å². The van der Waals surface area contributed by atoms with E-state index < -0.39 is 0 Å². The second-order valence-electron chi connectivity index (χ2n) is 5.85. The predicted octanol–water partition coefficient (Wildman–Crippen LogP) is 3.33. The fourth-order valence-electron chi connectivity index (χ4n) is 2.98. The van der Waals surface area contributed by atoms with Crippen molar-refractivity contribution in [2.45, 2.75) is 44.1 Å². The summed E-state index contributed by atoms with van der Waals surface area (Å²) in [6.45, 7) is 1.25. The third-order valence-corrected chi connectivity index (χ3v) is 4.62. The first kappa shape index (κ1) is 12.0. The van der Waals surface area contributed by atoms with Gasteiger partial charge in [0.1, 0.15) is 5.75 Å². The van der Waals surface area contributed by atoms with E-state index in [1.165, 1.54) is 44.2 Å². The number of hydrogen-bond donors (Lipinski definition) is 1. The van der Waals surface area contributed by atoms with Crippen LogP contribution in [0.4, 0.5) is 0 Å². The van der Waals surface area contributed by atoms with E-state index in [-0.39, 0.29) is 0 Å². The summed E-state index contributed by atoms with van der Waals surface area (Å²) < 4.78 is 5.29. The molecule has 0 saturated heterocycles. The molecule has 2 aliphatic rings. The summed E-state index contributed by atoms with van der Waals surface area (Å²) in [6.07, 6.45) is 6.92. The van der Waals surface area contributed by atoms with Crippen molar-refractivity contribution < 1.29 is 4.74 Å². The summed E-state index contributed by atoms with van der Waals surface area (Å²) in [5, 5.41) is 3.72. The zero-order chi connectivity index (χ0) is 12.4. The number of rotatable bonds is 5. The number of methoxy groups -OCH3 is 1. The van der Waals surface area contributed by atoms with Gasteiger partial charge in [-0.2, -0.15) is 0 Å². The Kier molecular flexibility index (Phi) is 3.55. The van der Waals surface area contributed by atoms with E-state index in [2.05, 4.69) is 23.5 Å². The second-order valence-corrected chi connectivity index (χ2v) is 5.85. The summed E-state index contributed by atoms with van der Waals surface area (Å²) in [5.74, 6) is 2.69. The van der Waals surface area contributed by atoms with Crippen molar-refractivity contribution in [3.05, 3.63) is 29.8 Å². The highest BCUT2D eigenvalue weighted by Crippen LogP contribution is 2.38. The van der Waals surface area contributed by atoms with E-state index in [4.69, 9.17) is 4.74 Å². The minimum atomic E-state index is 0.735. The van der Waals surface area contributed by atoms with Gasteiger partial charge in [0, 0.05) is 6.04 Å². The smallest absolute Gasteiger partial charge is 0.119 e. The van der Waals surface area contributed by atoms with Crippen LogP contribution in [-0.4, -0.2) is 19.7 Å². The van der Waals surface area contributed by atoms with Crippen LogP contribution in [0.15, 0.2) is 24.3 Å². The van der Waals surface area contributed by atoms with Crippen molar-refractivity contribution in [1.29, 1.82) is 0 Å². The Labute approximate surface area is 110 Å². The standard InChI is InChI=1S/C16H23NO/c1-18-16-7-3-6-13(10-16)14-8-15(9-14)17-11-12-4-2-5-12/h3,6-7,10,12,14-15,17H,2,4-5,8-9,11H2,1H3. The maximum atomic E-state index is 5.29. The molecule has 18 heavy (non-hydrogen) atoms. The van der Waals surface area contributed by atoms with Gasteiger partial charge in [-0.25, -0.2) is 0 Å². The molecule has 2 heteroatoms. The molecule has 0 amide bonds. The lowest BCUT2D eigenvalue weighted by Gasteiger charge is -2.38. The fourth-order valence-corrected chi connectivity index (χ4v) is 2.98. The minimum Gasteiger partial charge on any atom is -0.497 e. The topological polar surface area (TPSA) is 21.3 Å². The van der Waals surface area contributed by atoms with Gasteiger partial charge >= 0.3 is 0 Å². The monoisotopic (exact) mass is 245 g/mol. The molecule has 1 aromatic carbocycles. The molecular weight excluding hydrogens is 222 g/mol. The van der Waals surface area contributed by atoms with Crippen LogP contribution in [0.5, 0.6) is 5.75 Å². The minimum absolute atomic E-state index is 0.735. The van der Waals surface area contributed by atoms with Crippen LogP contribution in [0, 0.1) is 5.92 Å². The van der Waals surface area contributed by atoms with Crippen molar-refractivity contribution >= 4 is 0 Å². The van der Waals surface area contributed by atoms with Crippen molar-refractivity contribution in [2.24, 2.45) is 5.92 Å². The molecule has 2 fully saturated rings. The second kappa shape index (κ2) is 5.31. The maximum absolute atomic E-state index is 5.29. The van der Waals surface area contributed by atoms with Crippen LogP contribution in [-0.2, 0) is 0 Å². The van der Waals surface area contributed by atoms with Gasteiger partial charge in [-0.15, -0.1) is 0 Å². The zero-order valence-corrected chi connectivity index (χ0v) is 11.2. The quantitative estimate of drug-likeness (QED) is 0.859. The molecule has 1 aromatic rings. The molecule has 0 radical (unpaired) electrons. The Hall–Kier alpha value is -1.02. The summed E-state index contributed by atoms with van der Waals surface area (Å²) in [5.41, 5.74) is 1.44. The van der Waals surface area contributed by atoms with Gasteiger partial charge in [0.25, 0.3) is 0 Å². The molecule has 0 bridgehead atoms. The average Bonchev–Trinajstić information content (AvgIpc) is 2.30. The molecule has 0 unspecified atom stereocenters. The lowest BCUT2D eigenvalue weighted by molar-refractivity contribution is 0.237. The summed E-state index contributed by atoms with van der Waals surface area (Å²) >= 11 is 0. The van der Waals surface area contributed by atoms with Crippen LogP contribution < -0.4 is 10.1 Å². The average molecular weight is 245 g/mol. The van der Waals surface area contributed by atoms with Gasteiger partial charge in [0.2, 0.25) is 0 Å². The summed E-state index contributed by atoms with van der Waals surface area (Å²) in [6, 6.07) is 9.29. The molecule has 0 aliphatic heterocycles. The number of ether oxygens (including phenoxy) is 1. The normalized spacial score (nSPS) is 27.4. The van der Waals surface area contributed by atoms with Crippen molar-refractivity contribution in [3.8, 4) is 5.75 Å². The largest absolute Gasteiger partial charge is 0.497 e. The SMILES string of the molecule is COc1cccc(C2CC(NCC3CCC3)C2)c1. The van der Waals surface area contributed by atoms with Crippen LogP contribution in [0.25, 0.3) is 0 Å². The maximum Gasteiger partial charge on any atom is 0.119 e.